The smallest absolute Gasteiger partial charge is 0.143 e. The third-order valence-electron chi connectivity index (χ3n) is 2.01. The van der Waals surface area contributed by atoms with Crippen molar-refractivity contribution in [3.63, 3.8) is 0 Å². The molecule has 0 aromatic carbocycles. The molecule has 0 saturated carbocycles. The number of ether oxygens (including phenoxy) is 1. The highest BCUT2D eigenvalue weighted by molar-refractivity contribution is 6.28. The van der Waals surface area contributed by atoms with Crippen LogP contribution in [0.2, 0.25) is 0 Å². The second-order valence-corrected chi connectivity index (χ2v) is 3.99. The van der Waals surface area contributed by atoms with Gasteiger partial charge in [-0.2, -0.15) is 0 Å². The lowest BCUT2D eigenvalue weighted by Crippen LogP contribution is -2.57. The van der Waals surface area contributed by atoms with E-state index in [1.54, 1.807) is 13.0 Å². The molecule has 0 heterocycles. The third kappa shape index (κ3) is 4.58. The first-order chi connectivity index (χ1) is 6.42. The Morgan fingerprint density at radius 2 is 2.29 bits per heavy atom. The summed E-state index contributed by atoms with van der Waals surface area (Å²) in [5, 5.41) is 3.21. The van der Waals surface area contributed by atoms with Crippen LogP contribution in [0.25, 0.3) is 0 Å². The summed E-state index contributed by atoms with van der Waals surface area (Å²) in [6, 6.07) is 0.260. The highest BCUT2D eigenvalue weighted by atomic mass is 16.5. The zero-order chi connectivity index (χ0) is 11.2. The van der Waals surface area contributed by atoms with E-state index in [-0.39, 0.29) is 11.8 Å². The molecule has 0 aliphatic rings. The van der Waals surface area contributed by atoms with Crippen molar-refractivity contribution in [1.82, 2.24) is 5.32 Å². The predicted molar refractivity (Wildman–Crippen MR) is 61.2 cm³/mol. The van der Waals surface area contributed by atoms with Crippen molar-refractivity contribution in [3.8, 4) is 0 Å². The van der Waals surface area contributed by atoms with E-state index in [2.05, 4.69) is 11.9 Å². The molecule has 1 N–H and O–H groups in total. The summed E-state index contributed by atoms with van der Waals surface area (Å²) in [7, 11) is 1.86. The van der Waals surface area contributed by atoms with Crippen LogP contribution in [0, 0.1) is 0 Å². The normalized spacial score (nSPS) is 15.1. The summed E-state index contributed by atoms with van der Waals surface area (Å²) in [4.78, 5) is 11.4. The molecule has 4 heteroatoms. The molecule has 0 aliphatic heterocycles. The first-order valence-corrected chi connectivity index (χ1v) is 4.89. The molecular formula is C10H20BNO2. The van der Waals surface area contributed by atoms with Gasteiger partial charge in [0.1, 0.15) is 13.6 Å². The van der Waals surface area contributed by atoms with E-state index in [1.165, 1.54) is 0 Å². The van der Waals surface area contributed by atoms with Crippen LogP contribution in [-0.4, -0.2) is 38.3 Å². The average Bonchev–Trinajstić information content (AvgIpc) is 2.03. The Morgan fingerprint density at radius 1 is 1.71 bits per heavy atom. The van der Waals surface area contributed by atoms with Crippen molar-refractivity contribution in [1.29, 1.82) is 0 Å². The molecule has 80 valence electrons. The molecule has 3 nitrogen and oxygen atoms in total. The maximum atomic E-state index is 11.4. The minimum absolute atomic E-state index is 0.0928. The fourth-order valence-electron chi connectivity index (χ4n) is 1.23. The Balaban J connectivity index is 4.24. The van der Waals surface area contributed by atoms with E-state index in [0.29, 0.717) is 13.2 Å². The molecule has 14 heavy (non-hydrogen) atoms. The molecule has 0 fully saturated rings. The second-order valence-electron chi connectivity index (χ2n) is 3.99. The molecule has 0 aliphatic carbocycles. The quantitative estimate of drug-likeness (QED) is 0.357. The first-order valence-electron chi connectivity index (χ1n) is 4.89. The SMILES string of the molecule is B[C@](COCC=C)(NC(C)C)C(C)=O. The zero-order valence-corrected chi connectivity index (χ0v) is 9.59. The van der Waals surface area contributed by atoms with Gasteiger partial charge in [-0.15, -0.1) is 6.58 Å². The van der Waals surface area contributed by atoms with Gasteiger partial charge in [0.05, 0.1) is 18.7 Å². The van der Waals surface area contributed by atoms with E-state index in [9.17, 15) is 4.79 Å². The number of hydrogen-bond acceptors (Lipinski definition) is 3. The Hall–Kier alpha value is -0.605. The molecule has 0 aromatic rings. The topological polar surface area (TPSA) is 38.3 Å². The van der Waals surface area contributed by atoms with Crippen molar-refractivity contribution >= 4 is 13.6 Å². The number of carbonyl (C=O) groups excluding carboxylic acids is 1. The summed E-state index contributed by atoms with van der Waals surface area (Å²) in [6.45, 7) is 10.0. The van der Waals surface area contributed by atoms with Gasteiger partial charge in [0.2, 0.25) is 0 Å². The monoisotopic (exact) mass is 197 g/mol. The lowest BCUT2D eigenvalue weighted by atomic mass is 9.74. The summed E-state index contributed by atoms with van der Waals surface area (Å²) in [5.41, 5.74) is -0.586. The van der Waals surface area contributed by atoms with Crippen LogP contribution in [0.1, 0.15) is 20.8 Å². The molecule has 0 saturated heterocycles. The molecule has 1 atom stereocenters. The van der Waals surface area contributed by atoms with Crippen LogP contribution in [0.15, 0.2) is 12.7 Å². The van der Waals surface area contributed by atoms with Crippen molar-refractivity contribution in [2.24, 2.45) is 0 Å². The zero-order valence-electron chi connectivity index (χ0n) is 9.59. The maximum Gasteiger partial charge on any atom is 0.143 e. The van der Waals surface area contributed by atoms with Crippen molar-refractivity contribution in [2.45, 2.75) is 32.3 Å². The number of nitrogens with one attached hydrogen (secondary N) is 1. The fraction of sp³-hybridized carbons (Fsp3) is 0.700. The Labute approximate surface area is 87.3 Å². The van der Waals surface area contributed by atoms with Gasteiger partial charge in [-0.25, -0.2) is 0 Å². The van der Waals surface area contributed by atoms with Crippen molar-refractivity contribution in [2.75, 3.05) is 13.2 Å². The lowest BCUT2D eigenvalue weighted by molar-refractivity contribution is -0.122. The van der Waals surface area contributed by atoms with Crippen molar-refractivity contribution < 1.29 is 9.53 Å². The summed E-state index contributed by atoms with van der Waals surface area (Å²) in [5.74, 6) is 0.0928. The molecule has 0 amide bonds. The molecule has 0 bridgehead atoms. The molecular weight excluding hydrogens is 177 g/mol. The molecule has 0 aromatic heterocycles. The summed E-state index contributed by atoms with van der Waals surface area (Å²) < 4.78 is 5.31. The minimum atomic E-state index is -0.586. The van der Waals surface area contributed by atoms with Gasteiger partial charge in [0, 0.05) is 6.04 Å². The van der Waals surface area contributed by atoms with Gasteiger partial charge in [0.25, 0.3) is 0 Å². The Bertz CT molecular complexity index is 206. The molecule has 0 rings (SSSR count). The average molecular weight is 197 g/mol. The lowest BCUT2D eigenvalue weighted by Gasteiger charge is -2.30. The van der Waals surface area contributed by atoms with Crippen LogP contribution in [-0.2, 0) is 9.53 Å². The van der Waals surface area contributed by atoms with Crippen LogP contribution < -0.4 is 5.32 Å². The molecule has 0 radical (unpaired) electrons. The Kier molecular flexibility index (Phi) is 5.73. The van der Waals surface area contributed by atoms with Crippen LogP contribution in [0.4, 0.5) is 0 Å². The maximum absolute atomic E-state index is 11.4. The number of carbonyl (C=O) groups is 1. The minimum Gasteiger partial charge on any atom is -0.376 e. The number of rotatable bonds is 7. The fourth-order valence-corrected chi connectivity index (χ4v) is 1.23. The highest BCUT2D eigenvalue weighted by Crippen LogP contribution is 2.04. The van der Waals surface area contributed by atoms with E-state index in [0.717, 1.165) is 0 Å². The van der Waals surface area contributed by atoms with Gasteiger partial charge in [-0.3, -0.25) is 4.79 Å². The summed E-state index contributed by atoms with van der Waals surface area (Å²) >= 11 is 0. The van der Waals surface area contributed by atoms with Gasteiger partial charge in [-0.05, 0) is 6.92 Å². The molecule has 0 spiro atoms. The van der Waals surface area contributed by atoms with Crippen LogP contribution >= 0.6 is 0 Å². The Morgan fingerprint density at radius 3 is 2.64 bits per heavy atom. The van der Waals surface area contributed by atoms with E-state index in [4.69, 9.17) is 4.74 Å². The first kappa shape index (κ1) is 13.4. The van der Waals surface area contributed by atoms with Crippen LogP contribution in [0.3, 0.4) is 0 Å². The number of hydrogen-bond donors (Lipinski definition) is 1. The third-order valence-corrected chi connectivity index (χ3v) is 2.01. The van der Waals surface area contributed by atoms with Gasteiger partial charge in [-0.1, -0.05) is 19.9 Å². The standard InChI is InChI=1S/C10H20BNO2/c1-5-6-14-7-10(11,9(4)13)12-8(2)3/h5,8,12H,1,6-7,11H2,2-4H3/t10-/m1/s1. The number of ketones is 1. The van der Waals surface area contributed by atoms with E-state index >= 15 is 0 Å². The van der Waals surface area contributed by atoms with E-state index in [1.807, 2.05) is 21.7 Å². The number of Topliss-reactive ketones (excluding diaryl/α,β-unsaturated/α-hetero) is 1. The van der Waals surface area contributed by atoms with Crippen LogP contribution in [0.5, 0.6) is 0 Å². The molecule has 0 unspecified atom stereocenters. The van der Waals surface area contributed by atoms with Gasteiger partial charge in [0.15, 0.2) is 0 Å². The second kappa shape index (κ2) is 5.99. The van der Waals surface area contributed by atoms with Gasteiger partial charge >= 0.3 is 0 Å². The predicted octanol–water partition coefficient (Wildman–Crippen LogP) is 0.105. The largest absolute Gasteiger partial charge is 0.376 e. The summed E-state index contributed by atoms with van der Waals surface area (Å²) in [6.07, 6.45) is 1.68. The van der Waals surface area contributed by atoms with E-state index < -0.39 is 5.44 Å². The van der Waals surface area contributed by atoms with Gasteiger partial charge < -0.3 is 10.1 Å². The van der Waals surface area contributed by atoms with Crippen molar-refractivity contribution in [3.05, 3.63) is 12.7 Å². The highest BCUT2D eigenvalue weighted by Gasteiger charge is 2.30.